The van der Waals surface area contributed by atoms with Crippen molar-refractivity contribution in [2.45, 2.75) is 33.0 Å². The van der Waals surface area contributed by atoms with E-state index in [1.165, 1.54) is 14.1 Å². The highest BCUT2D eigenvalue weighted by Gasteiger charge is 2.38. The Kier molecular flexibility index (Phi) is 7.25. The van der Waals surface area contributed by atoms with Crippen molar-refractivity contribution in [3.05, 3.63) is 59.2 Å². The number of hydrogen-bond donors (Lipinski definition) is 3. The molecule has 1 amide bonds. The first kappa shape index (κ1) is 26.2. The van der Waals surface area contributed by atoms with Gasteiger partial charge in [0.1, 0.15) is 0 Å². The smallest absolute Gasteiger partial charge is 0.417 e. The second-order valence-electron chi connectivity index (χ2n) is 9.17. The Morgan fingerprint density at radius 2 is 1.63 bits per heavy atom. The molecule has 2 aromatic rings. The molecule has 0 bridgehead atoms. The number of phenolic OH excluding ortho intramolecular Hbond substituents is 1. The van der Waals surface area contributed by atoms with E-state index in [1.54, 1.807) is 0 Å². The third-order valence-corrected chi connectivity index (χ3v) is 5.88. The van der Waals surface area contributed by atoms with Gasteiger partial charge in [0.25, 0.3) is 17.1 Å². The maximum Gasteiger partial charge on any atom is 0.417 e. The van der Waals surface area contributed by atoms with E-state index < -0.39 is 40.1 Å². The third kappa shape index (κ3) is 5.81. The number of benzene rings is 2. The molecule has 0 saturated heterocycles. The first-order valence-corrected chi connectivity index (χ1v) is 11.6. The zero-order chi connectivity index (χ0) is 26.1. The second kappa shape index (κ2) is 9.68. The van der Waals surface area contributed by atoms with Gasteiger partial charge in [-0.25, -0.2) is 4.21 Å². The van der Waals surface area contributed by atoms with Crippen LogP contribution in [0.2, 0.25) is 0 Å². The predicted molar refractivity (Wildman–Crippen MR) is 130 cm³/mol. The summed E-state index contributed by atoms with van der Waals surface area (Å²) in [5, 5.41) is 16.5. The summed E-state index contributed by atoms with van der Waals surface area (Å²) in [6, 6.07) is 10.8. The van der Waals surface area contributed by atoms with Gasteiger partial charge in [0.2, 0.25) is 0 Å². The van der Waals surface area contributed by atoms with Gasteiger partial charge in [0, 0.05) is 14.1 Å². The molecule has 12 heteroatoms. The molecule has 0 aliphatic carbocycles. The van der Waals surface area contributed by atoms with Gasteiger partial charge in [0.05, 0.1) is 22.9 Å². The van der Waals surface area contributed by atoms with Crippen molar-refractivity contribution < 1.29 is 27.3 Å². The highest BCUT2D eigenvalue weighted by molar-refractivity contribution is 7.83. The number of nitrogens with zero attached hydrogens (tertiary/aromatic N) is 3. The fourth-order valence-corrected chi connectivity index (χ4v) is 4.14. The van der Waals surface area contributed by atoms with E-state index in [2.05, 4.69) is 19.4 Å². The van der Waals surface area contributed by atoms with Gasteiger partial charge in [-0.3, -0.25) is 4.79 Å². The highest BCUT2D eigenvalue weighted by atomic mass is 32.2. The zero-order valence-electron chi connectivity index (χ0n) is 19.8. The molecule has 1 aliphatic rings. The van der Waals surface area contributed by atoms with Crippen LogP contribution >= 0.6 is 0 Å². The van der Waals surface area contributed by atoms with Crippen LogP contribution in [0.25, 0.3) is 0 Å². The Bertz CT molecular complexity index is 1210. The average Bonchev–Trinajstić information content (AvgIpc) is 3.10. The molecule has 2 atom stereocenters. The number of carbonyl (C=O) groups excluding carboxylic acids is 1. The van der Waals surface area contributed by atoms with Crippen LogP contribution in [-0.2, 0) is 17.3 Å². The molecule has 1 unspecified atom stereocenters. The van der Waals surface area contributed by atoms with Crippen molar-refractivity contribution in [2.75, 3.05) is 19.4 Å². The lowest BCUT2D eigenvalue weighted by atomic mass is 9.82. The van der Waals surface area contributed by atoms with Crippen LogP contribution in [0.15, 0.2) is 51.3 Å². The van der Waals surface area contributed by atoms with Crippen LogP contribution in [0.4, 0.5) is 18.9 Å². The van der Waals surface area contributed by atoms with Gasteiger partial charge >= 0.3 is 6.18 Å². The molecule has 0 aromatic heterocycles. The molecule has 0 fully saturated rings. The highest BCUT2D eigenvalue weighted by Crippen LogP contribution is 2.40. The quantitative estimate of drug-likeness (QED) is 0.533. The third-order valence-electron chi connectivity index (χ3n) is 5.20. The summed E-state index contributed by atoms with van der Waals surface area (Å²) in [5.74, 6) is -1.88. The number of rotatable bonds is 4. The Hall–Kier alpha value is -3.41. The first-order chi connectivity index (χ1) is 16.2. The van der Waals surface area contributed by atoms with E-state index in [9.17, 15) is 27.3 Å². The number of nitrogens with one attached hydrogen (secondary N) is 2. The summed E-state index contributed by atoms with van der Waals surface area (Å²) in [5.41, 5.74) is -1.80. The normalized spacial score (nSPS) is 16.9. The zero-order valence-corrected chi connectivity index (χ0v) is 20.6. The standard InChI is InChI=1S/C23H26F3N5O3S/c1-22(2,3)18(13-9-7-6-8-10-13)28-20-19(29-35(34)30-20)27-15-12-11-14(23(24,25)26)16(17(15)32)21(33)31(4)5/h6-12,18,32H,1-5H3,(H,27,29)(H,28,30)/t18-,35?/m0/s1. The minimum absolute atomic E-state index is 0.0492. The molecule has 3 rings (SSSR count). The molecule has 3 N–H and O–H groups in total. The van der Waals surface area contributed by atoms with Crippen molar-refractivity contribution in [3.63, 3.8) is 0 Å². The fraction of sp³-hybridized carbons (Fsp3) is 0.348. The summed E-state index contributed by atoms with van der Waals surface area (Å²) in [7, 11) is 2.55. The number of carbonyl (C=O) groups is 1. The van der Waals surface area contributed by atoms with E-state index in [0.717, 1.165) is 16.5 Å². The van der Waals surface area contributed by atoms with Crippen LogP contribution < -0.4 is 10.6 Å². The summed E-state index contributed by atoms with van der Waals surface area (Å²) in [6.45, 7) is 5.99. The number of halogens is 3. The van der Waals surface area contributed by atoms with E-state index in [-0.39, 0.29) is 28.8 Å². The predicted octanol–water partition coefficient (Wildman–Crippen LogP) is 4.29. The molecular formula is C23H26F3N5O3S. The fourth-order valence-electron chi connectivity index (χ4n) is 3.52. The number of hydrogen-bond acceptors (Lipinski definition) is 5. The minimum Gasteiger partial charge on any atom is -0.505 e. The summed E-state index contributed by atoms with van der Waals surface area (Å²) in [6.07, 6.45) is -4.87. The lowest BCUT2D eigenvalue weighted by Gasteiger charge is -2.32. The summed E-state index contributed by atoms with van der Waals surface area (Å²) >= 11 is -1.99. The van der Waals surface area contributed by atoms with Crippen molar-refractivity contribution in [1.29, 1.82) is 0 Å². The SMILES string of the molecule is CN(C)C(=O)c1c(C(F)(F)F)ccc(NC2=NS(=O)N=C2N[C@@H](c2ccccc2)C(C)(C)C)c1O. The van der Waals surface area contributed by atoms with E-state index in [0.29, 0.717) is 6.07 Å². The Labute approximate surface area is 203 Å². The molecule has 0 spiro atoms. The van der Waals surface area contributed by atoms with E-state index in [1.807, 2.05) is 51.1 Å². The van der Waals surface area contributed by atoms with Gasteiger partial charge in [-0.15, -0.1) is 8.80 Å². The monoisotopic (exact) mass is 509 g/mol. The number of aromatic hydroxyl groups is 1. The Balaban J connectivity index is 1.98. The number of amides is 1. The second-order valence-corrected chi connectivity index (χ2v) is 10.00. The Morgan fingerprint density at radius 3 is 2.17 bits per heavy atom. The minimum atomic E-state index is -4.87. The van der Waals surface area contributed by atoms with Crippen molar-refractivity contribution >= 4 is 34.4 Å². The topological polar surface area (TPSA) is 106 Å². The number of amidine groups is 2. The first-order valence-electron chi connectivity index (χ1n) is 10.5. The molecule has 8 nitrogen and oxygen atoms in total. The molecule has 35 heavy (non-hydrogen) atoms. The number of alkyl halides is 3. The van der Waals surface area contributed by atoms with Crippen LogP contribution in [-0.4, -0.2) is 45.9 Å². The number of anilines is 1. The Morgan fingerprint density at radius 1 is 1.03 bits per heavy atom. The molecule has 2 aromatic carbocycles. The maximum atomic E-state index is 13.5. The molecule has 188 valence electrons. The van der Waals surface area contributed by atoms with Gasteiger partial charge < -0.3 is 20.6 Å². The summed E-state index contributed by atoms with van der Waals surface area (Å²) < 4.78 is 60.6. The molecule has 1 heterocycles. The molecule has 0 radical (unpaired) electrons. The number of phenols is 1. The van der Waals surface area contributed by atoms with Crippen LogP contribution in [0.1, 0.15) is 48.3 Å². The van der Waals surface area contributed by atoms with Crippen molar-refractivity contribution in [1.82, 2.24) is 10.2 Å². The van der Waals surface area contributed by atoms with Crippen LogP contribution in [0, 0.1) is 5.41 Å². The lowest BCUT2D eigenvalue weighted by Crippen LogP contribution is -2.41. The van der Waals surface area contributed by atoms with E-state index in [4.69, 9.17) is 0 Å². The molecule has 1 aliphatic heterocycles. The van der Waals surface area contributed by atoms with Crippen molar-refractivity contribution in [3.8, 4) is 5.75 Å². The molecular weight excluding hydrogens is 483 g/mol. The average molecular weight is 510 g/mol. The molecule has 0 saturated carbocycles. The van der Waals surface area contributed by atoms with Crippen LogP contribution in [0.5, 0.6) is 5.75 Å². The van der Waals surface area contributed by atoms with Gasteiger partial charge in [0.15, 0.2) is 17.4 Å². The summed E-state index contributed by atoms with van der Waals surface area (Å²) in [4.78, 5) is 13.4. The lowest BCUT2D eigenvalue weighted by molar-refractivity contribution is -0.138. The van der Waals surface area contributed by atoms with E-state index >= 15 is 0 Å². The largest absolute Gasteiger partial charge is 0.505 e. The van der Waals surface area contributed by atoms with Gasteiger partial charge in [-0.05, 0) is 23.1 Å². The maximum absolute atomic E-state index is 13.5. The van der Waals surface area contributed by atoms with Gasteiger partial charge in [-0.2, -0.15) is 13.2 Å². The van der Waals surface area contributed by atoms with Crippen molar-refractivity contribution in [2.24, 2.45) is 14.2 Å². The van der Waals surface area contributed by atoms with Crippen LogP contribution in [0.3, 0.4) is 0 Å². The van der Waals surface area contributed by atoms with Gasteiger partial charge in [-0.1, -0.05) is 51.1 Å².